The molecule has 4 aromatic rings. The van der Waals surface area contributed by atoms with Crippen molar-refractivity contribution in [2.75, 3.05) is 7.11 Å². The van der Waals surface area contributed by atoms with Gasteiger partial charge in [0.1, 0.15) is 17.1 Å². The van der Waals surface area contributed by atoms with Crippen molar-refractivity contribution in [3.8, 4) is 22.9 Å². The molecule has 0 aliphatic carbocycles. The molecule has 0 amide bonds. The van der Waals surface area contributed by atoms with E-state index in [9.17, 15) is 8.78 Å². The van der Waals surface area contributed by atoms with Crippen LogP contribution >= 0.6 is 0 Å². The molecule has 1 unspecified atom stereocenters. The molecule has 8 heteroatoms. The van der Waals surface area contributed by atoms with Crippen molar-refractivity contribution < 1.29 is 18.3 Å². The first-order valence-electron chi connectivity index (χ1n) is 9.56. The molecule has 30 heavy (non-hydrogen) atoms. The highest BCUT2D eigenvalue weighted by molar-refractivity contribution is 5.77. The quantitative estimate of drug-likeness (QED) is 0.482. The van der Waals surface area contributed by atoms with Crippen LogP contribution in [0.1, 0.15) is 23.9 Å². The van der Waals surface area contributed by atoms with Crippen molar-refractivity contribution in [3.63, 3.8) is 0 Å². The molecular formula is C22H18F2N4O2. The summed E-state index contributed by atoms with van der Waals surface area (Å²) in [6, 6.07) is 14.2. The molecule has 6 nitrogen and oxygen atoms in total. The minimum Gasteiger partial charge on any atom is -0.481 e. The lowest BCUT2D eigenvalue weighted by atomic mass is 10.0. The number of hydrogen-bond donors (Lipinski definition) is 0. The van der Waals surface area contributed by atoms with Gasteiger partial charge in [0.2, 0.25) is 5.88 Å². The number of halogens is 2. The number of hydrogen-bond acceptors (Lipinski definition) is 5. The van der Waals surface area contributed by atoms with Crippen LogP contribution in [0.25, 0.3) is 22.4 Å². The van der Waals surface area contributed by atoms with Gasteiger partial charge in [-0.25, -0.2) is 15.0 Å². The van der Waals surface area contributed by atoms with E-state index >= 15 is 0 Å². The average Bonchev–Trinajstić information content (AvgIpc) is 3.33. The molecule has 3 aromatic heterocycles. The van der Waals surface area contributed by atoms with Crippen LogP contribution in [0.2, 0.25) is 0 Å². The number of benzene rings is 1. The molecule has 1 aromatic carbocycles. The Labute approximate surface area is 171 Å². The van der Waals surface area contributed by atoms with E-state index in [1.165, 1.54) is 0 Å². The Morgan fingerprint density at radius 2 is 1.93 bits per heavy atom. The first-order chi connectivity index (χ1) is 14.6. The minimum absolute atomic E-state index is 0.170. The summed E-state index contributed by atoms with van der Waals surface area (Å²) in [6.07, 6.45) is 3.19. The van der Waals surface area contributed by atoms with Crippen LogP contribution in [0.3, 0.4) is 0 Å². The zero-order valence-electron chi connectivity index (χ0n) is 16.1. The van der Waals surface area contributed by atoms with Crippen molar-refractivity contribution >= 4 is 11.2 Å². The topological polar surface area (TPSA) is 62.1 Å². The molecule has 0 saturated carbocycles. The van der Waals surface area contributed by atoms with Crippen LogP contribution in [0.15, 0.2) is 54.7 Å². The van der Waals surface area contributed by atoms with Gasteiger partial charge in [0.25, 0.3) is 0 Å². The summed E-state index contributed by atoms with van der Waals surface area (Å²) in [5.41, 5.74) is 3.79. The van der Waals surface area contributed by atoms with Crippen LogP contribution in [0, 0.1) is 0 Å². The Morgan fingerprint density at radius 3 is 2.70 bits per heavy atom. The van der Waals surface area contributed by atoms with Gasteiger partial charge in [-0.3, -0.25) is 0 Å². The van der Waals surface area contributed by atoms with Crippen LogP contribution in [0.5, 0.6) is 11.6 Å². The highest BCUT2D eigenvalue weighted by Crippen LogP contribution is 2.39. The lowest BCUT2D eigenvalue weighted by Crippen LogP contribution is -2.11. The highest BCUT2D eigenvalue weighted by Gasteiger charge is 2.30. The lowest BCUT2D eigenvalue weighted by molar-refractivity contribution is -0.0506. The summed E-state index contributed by atoms with van der Waals surface area (Å²) in [5.74, 6) is 1.60. The van der Waals surface area contributed by atoms with E-state index in [-0.39, 0.29) is 11.8 Å². The van der Waals surface area contributed by atoms with Crippen LogP contribution in [-0.4, -0.2) is 33.2 Å². The molecule has 152 valence electrons. The molecule has 4 heterocycles. The first-order valence-corrected chi connectivity index (χ1v) is 9.56. The van der Waals surface area contributed by atoms with Crippen molar-refractivity contribution in [2.45, 2.75) is 25.5 Å². The van der Waals surface area contributed by atoms with E-state index in [1.54, 1.807) is 31.5 Å². The van der Waals surface area contributed by atoms with Gasteiger partial charge in [-0.05, 0) is 30.7 Å². The largest absolute Gasteiger partial charge is 0.481 e. The van der Waals surface area contributed by atoms with E-state index in [2.05, 4.69) is 4.98 Å². The summed E-state index contributed by atoms with van der Waals surface area (Å²) in [4.78, 5) is 13.8. The Bertz CT molecular complexity index is 1210. The summed E-state index contributed by atoms with van der Waals surface area (Å²) < 4.78 is 37.7. The van der Waals surface area contributed by atoms with E-state index in [0.717, 1.165) is 35.4 Å². The third-order valence-corrected chi connectivity index (χ3v) is 5.30. The van der Waals surface area contributed by atoms with Gasteiger partial charge in [0, 0.05) is 29.8 Å². The maximum Gasteiger partial charge on any atom is 0.387 e. The molecule has 0 fully saturated rings. The molecular weight excluding hydrogens is 390 g/mol. The predicted octanol–water partition coefficient (Wildman–Crippen LogP) is 4.64. The van der Waals surface area contributed by atoms with Gasteiger partial charge >= 0.3 is 6.61 Å². The standard InChI is InChI=1S/C22H18F2N4O2/c1-29-20-11-6-13(12-25-20)15-7-8-16-21(27-15)28-17(9-10-19(28)26-16)14-4-2-3-5-18(14)30-22(23)24/h2-8,11-12,17,22H,9-10H2,1H3. The predicted molar refractivity (Wildman–Crippen MR) is 107 cm³/mol. The maximum absolute atomic E-state index is 12.9. The fraction of sp³-hybridized carbons (Fsp3) is 0.227. The second kappa shape index (κ2) is 7.37. The second-order valence-electron chi connectivity index (χ2n) is 7.00. The minimum atomic E-state index is -2.88. The van der Waals surface area contributed by atoms with Gasteiger partial charge in [-0.15, -0.1) is 0 Å². The van der Waals surface area contributed by atoms with Gasteiger partial charge in [0.15, 0.2) is 5.65 Å². The molecule has 0 radical (unpaired) electrons. The smallest absolute Gasteiger partial charge is 0.387 e. The number of imidazole rings is 1. The number of nitrogens with zero attached hydrogens (tertiary/aromatic N) is 4. The summed E-state index contributed by atoms with van der Waals surface area (Å²) >= 11 is 0. The Balaban J connectivity index is 1.60. The van der Waals surface area contributed by atoms with E-state index < -0.39 is 6.61 Å². The zero-order valence-corrected chi connectivity index (χ0v) is 16.1. The number of pyridine rings is 2. The fourth-order valence-corrected chi connectivity index (χ4v) is 3.99. The number of para-hydroxylation sites is 1. The number of rotatable bonds is 5. The monoisotopic (exact) mass is 408 g/mol. The highest BCUT2D eigenvalue weighted by atomic mass is 19.3. The van der Waals surface area contributed by atoms with Crippen molar-refractivity contribution in [2.24, 2.45) is 0 Å². The van der Waals surface area contributed by atoms with E-state index in [4.69, 9.17) is 19.4 Å². The normalized spacial score (nSPS) is 15.5. The molecule has 0 bridgehead atoms. The maximum atomic E-state index is 12.9. The van der Waals surface area contributed by atoms with Crippen molar-refractivity contribution in [3.05, 3.63) is 66.1 Å². The third-order valence-electron chi connectivity index (χ3n) is 5.30. The number of methoxy groups -OCH3 is 1. The van der Waals surface area contributed by atoms with Gasteiger partial charge in [-0.1, -0.05) is 18.2 Å². The molecule has 0 saturated heterocycles. The van der Waals surface area contributed by atoms with Crippen molar-refractivity contribution in [1.82, 2.24) is 19.5 Å². The molecule has 1 aliphatic heterocycles. The lowest BCUT2D eigenvalue weighted by Gasteiger charge is -2.18. The van der Waals surface area contributed by atoms with Gasteiger partial charge < -0.3 is 14.0 Å². The second-order valence-corrected chi connectivity index (χ2v) is 7.00. The zero-order chi connectivity index (χ0) is 20.7. The number of ether oxygens (including phenoxy) is 2. The third kappa shape index (κ3) is 3.14. The van der Waals surface area contributed by atoms with Crippen LogP contribution < -0.4 is 9.47 Å². The Morgan fingerprint density at radius 1 is 1.07 bits per heavy atom. The number of alkyl halides is 2. The van der Waals surface area contributed by atoms with E-state index in [0.29, 0.717) is 17.1 Å². The fourth-order valence-electron chi connectivity index (χ4n) is 3.99. The number of aryl methyl sites for hydroxylation is 1. The molecule has 0 N–H and O–H groups in total. The van der Waals surface area contributed by atoms with Gasteiger partial charge in [0.05, 0.1) is 18.8 Å². The van der Waals surface area contributed by atoms with Crippen LogP contribution in [0.4, 0.5) is 8.78 Å². The summed E-state index contributed by atoms with van der Waals surface area (Å²) in [6.45, 7) is -2.88. The molecule has 0 spiro atoms. The molecule has 5 rings (SSSR count). The van der Waals surface area contributed by atoms with Crippen molar-refractivity contribution in [1.29, 1.82) is 0 Å². The Hall–Kier alpha value is -3.55. The molecule has 1 atom stereocenters. The number of aromatic nitrogens is 4. The van der Waals surface area contributed by atoms with E-state index in [1.807, 2.05) is 34.9 Å². The molecule has 1 aliphatic rings. The van der Waals surface area contributed by atoms with Gasteiger partial charge in [-0.2, -0.15) is 8.78 Å². The first kappa shape index (κ1) is 18.5. The SMILES string of the molecule is COc1ccc(-c2ccc3nc4n(c3n2)C(c2ccccc2OC(F)F)CC4)cn1. The average molecular weight is 408 g/mol. The Kier molecular flexibility index (Phi) is 4.54. The summed E-state index contributed by atoms with van der Waals surface area (Å²) in [7, 11) is 1.57. The van der Waals surface area contributed by atoms with Crippen LogP contribution in [-0.2, 0) is 6.42 Å². The summed E-state index contributed by atoms with van der Waals surface area (Å²) in [5, 5.41) is 0. The number of fused-ring (bicyclic) bond motifs is 3.